The van der Waals surface area contributed by atoms with Crippen LogP contribution in [0.2, 0.25) is 0 Å². The first kappa shape index (κ1) is 13.7. The molecule has 94 valence electrons. The highest BCUT2D eigenvalue weighted by Gasteiger charge is 2.07. The van der Waals surface area contributed by atoms with Gasteiger partial charge in [-0.25, -0.2) is 0 Å². The van der Waals surface area contributed by atoms with E-state index in [9.17, 15) is 4.79 Å². The monoisotopic (exact) mass is 236 g/mol. The summed E-state index contributed by atoms with van der Waals surface area (Å²) >= 11 is 0. The summed E-state index contributed by atoms with van der Waals surface area (Å²) in [6, 6.07) is 7.63. The number of hydrogen-bond donors (Lipinski definition) is 0. The van der Waals surface area contributed by atoms with E-state index in [0.717, 1.165) is 17.7 Å². The quantitative estimate of drug-likeness (QED) is 0.651. The summed E-state index contributed by atoms with van der Waals surface area (Å²) in [5.74, 6) is 1.01. The van der Waals surface area contributed by atoms with Crippen LogP contribution in [-0.2, 0) is 16.0 Å². The highest BCUT2D eigenvalue weighted by molar-refractivity contribution is 5.81. The maximum atomic E-state index is 11.7. The number of carbonyl (C=O) groups excluding carboxylic acids is 1. The van der Waals surface area contributed by atoms with Crippen molar-refractivity contribution in [3.05, 3.63) is 29.8 Å². The molecule has 0 aliphatic heterocycles. The molecule has 0 unspecified atom stereocenters. The van der Waals surface area contributed by atoms with Gasteiger partial charge in [-0.05, 0) is 19.4 Å². The minimum Gasteiger partial charge on any atom is -0.496 e. The van der Waals surface area contributed by atoms with Gasteiger partial charge in [-0.15, -0.1) is 0 Å². The summed E-state index contributed by atoms with van der Waals surface area (Å²) < 4.78 is 10.4. The van der Waals surface area contributed by atoms with Crippen molar-refractivity contribution in [3.63, 3.8) is 0 Å². The van der Waals surface area contributed by atoms with Crippen molar-refractivity contribution in [1.29, 1.82) is 0 Å². The molecule has 0 fully saturated rings. The molecule has 0 aliphatic rings. The number of ketones is 1. The van der Waals surface area contributed by atoms with Crippen molar-refractivity contribution < 1.29 is 14.3 Å². The molecular weight excluding hydrogens is 216 g/mol. The van der Waals surface area contributed by atoms with Crippen LogP contribution in [0.15, 0.2) is 24.3 Å². The summed E-state index contributed by atoms with van der Waals surface area (Å²) in [7, 11) is 1.62. The molecule has 0 bridgehead atoms. The molecule has 0 heterocycles. The van der Waals surface area contributed by atoms with Gasteiger partial charge in [-0.2, -0.15) is 0 Å². The Bertz CT molecular complexity index is 347. The van der Waals surface area contributed by atoms with Crippen molar-refractivity contribution >= 4 is 5.78 Å². The van der Waals surface area contributed by atoms with Crippen molar-refractivity contribution in [3.8, 4) is 5.75 Å². The Kier molecular flexibility index (Phi) is 6.33. The first-order valence-electron chi connectivity index (χ1n) is 5.99. The number of ether oxygens (including phenoxy) is 2. The molecule has 0 N–H and O–H groups in total. The average molecular weight is 236 g/mol. The van der Waals surface area contributed by atoms with E-state index in [1.165, 1.54) is 0 Å². The molecule has 0 aliphatic carbocycles. The Labute approximate surface area is 103 Å². The molecule has 0 aromatic heterocycles. The number of carbonyl (C=O) groups is 1. The summed E-state index contributed by atoms with van der Waals surface area (Å²) in [5.41, 5.74) is 0.955. The molecule has 0 saturated heterocycles. The molecule has 0 spiro atoms. The van der Waals surface area contributed by atoms with Crippen LogP contribution in [0.5, 0.6) is 5.75 Å². The second kappa shape index (κ2) is 7.85. The zero-order valence-corrected chi connectivity index (χ0v) is 10.6. The second-order valence-corrected chi connectivity index (χ2v) is 3.83. The highest BCUT2D eigenvalue weighted by atomic mass is 16.5. The van der Waals surface area contributed by atoms with Crippen LogP contribution in [0.4, 0.5) is 0 Å². The lowest BCUT2D eigenvalue weighted by Crippen LogP contribution is -2.06. The van der Waals surface area contributed by atoms with Gasteiger partial charge in [-0.3, -0.25) is 4.79 Å². The molecule has 1 aromatic rings. The summed E-state index contributed by atoms with van der Waals surface area (Å²) in [5, 5.41) is 0. The number of para-hydroxylation sites is 1. The zero-order valence-electron chi connectivity index (χ0n) is 10.6. The Balaban J connectivity index is 2.39. The van der Waals surface area contributed by atoms with Crippen LogP contribution in [0.1, 0.15) is 25.3 Å². The van der Waals surface area contributed by atoms with Crippen LogP contribution in [-0.4, -0.2) is 26.1 Å². The van der Waals surface area contributed by atoms with Crippen LogP contribution in [0.25, 0.3) is 0 Å². The van der Waals surface area contributed by atoms with Crippen molar-refractivity contribution in [2.75, 3.05) is 20.3 Å². The normalized spacial score (nSPS) is 10.2. The first-order valence-corrected chi connectivity index (χ1v) is 5.99. The molecule has 0 radical (unpaired) electrons. The number of benzene rings is 1. The van der Waals surface area contributed by atoms with Crippen molar-refractivity contribution in [2.24, 2.45) is 0 Å². The molecule has 17 heavy (non-hydrogen) atoms. The second-order valence-electron chi connectivity index (χ2n) is 3.83. The van der Waals surface area contributed by atoms with Crippen LogP contribution >= 0.6 is 0 Å². The van der Waals surface area contributed by atoms with Gasteiger partial charge < -0.3 is 9.47 Å². The van der Waals surface area contributed by atoms with Gasteiger partial charge >= 0.3 is 0 Å². The number of hydrogen-bond acceptors (Lipinski definition) is 3. The van der Waals surface area contributed by atoms with Crippen LogP contribution < -0.4 is 4.74 Å². The van der Waals surface area contributed by atoms with E-state index < -0.39 is 0 Å². The van der Waals surface area contributed by atoms with Gasteiger partial charge in [0.05, 0.1) is 7.11 Å². The van der Waals surface area contributed by atoms with E-state index in [2.05, 4.69) is 0 Å². The van der Waals surface area contributed by atoms with Crippen LogP contribution in [0, 0.1) is 0 Å². The average Bonchev–Trinajstić information content (AvgIpc) is 2.35. The van der Waals surface area contributed by atoms with E-state index in [4.69, 9.17) is 9.47 Å². The predicted molar refractivity (Wildman–Crippen MR) is 67.4 cm³/mol. The zero-order chi connectivity index (χ0) is 12.5. The Morgan fingerprint density at radius 1 is 1.29 bits per heavy atom. The summed E-state index contributed by atoms with van der Waals surface area (Å²) in [6.07, 6.45) is 1.80. The fourth-order valence-corrected chi connectivity index (χ4v) is 1.67. The SMILES string of the molecule is CCOCCCC(=O)Cc1ccccc1OC. The third-order valence-corrected chi connectivity index (χ3v) is 2.53. The van der Waals surface area contributed by atoms with Gasteiger partial charge in [0.1, 0.15) is 11.5 Å². The van der Waals surface area contributed by atoms with E-state index in [-0.39, 0.29) is 5.78 Å². The minimum atomic E-state index is 0.231. The predicted octanol–water partition coefficient (Wildman–Crippen LogP) is 2.62. The molecule has 0 atom stereocenters. The van der Waals surface area contributed by atoms with E-state index in [1.54, 1.807) is 7.11 Å². The molecule has 3 heteroatoms. The Hall–Kier alpha value is -1.35. The third-order valence-electron chi connectivity index (χ3n) is 2.53. The lowest BCUT2D eigenvalue weighted by molar-refractivity contribution is -0.118. The van der Waals surface area contributed by atoms with Crippen molar-refractivity contribution in [2.45, 2.75) is 26.2 Å². The highest BCUT2D eigenvalue weighted by Crippen LogP contribution is 2.18. The van der Waals surface area contributed by atoms with Gasteiger partial charge in [0.2, 0.25) is 0 Å². The minimum absolute atomic E-state index is 0.231. The Morgan fingerprint density at radius 2 is 2.06 bits per heavy atom. The maximum absolute atomic E-state index is 11.7. The van der Waals surface area contributed by atoms with E-state index >= 15 is 0 Å². The van der Waals surface area contributed by atoms with Gasteiger partial charge in [-0.1, -0.05) is 18.2 Å². The van der Waals surface area contributed by atoms with Gasteiger partial charge in [0.15, 0.2) is 0 Å². The van der Waals surface area contributed by atoms with E-state index in [1.807, 2.05) is 31.2 Å². The van der Waals surface area contributed by atoms with Gasteiger partial charge in [0, 0.05) is 31.6 Å². The van der Waals surface area contributed by atoms with Crippen LogP contribution in [0.3, 0.4) is 0 Å². The van der Waals surface area contributed by atoms with Crippen molar-refractivity contribution in [1.82, 2.24) is 0 Å². The fraction of sp³-hybridized carbons (Fsp3) is 0.500. The topological polar surface area (TPSA) is 35.5 Å². The lowest BCUT2D eigenvalue weighted by Gasteiger charge is -2.07. The number of rotatable bonds is 8. The molecule has 0 amide bonds. The Morgan fingerprint density at radius 3 is 2.76 bits per heavy atom. The van der Waals surface area contributed by atoms with E-state index in [0.29, 0.717) is 26.1 Å². The van der Waals surface area contributed by atoms with Gasteiger partial charge in [0.25, 0.3) is 0 Å². The maximum Gasteiger partial charge on any atom is 0.137 e. The molecule has 0 saturated carbocycles. The molecular formula is C14H20O3. The summed E-state index contributed by atoms with van der Waals surface area (Å²) in [6.45, 7) is 3.32. The molecule has 1 rings (SSSR count). The molecule has 3 nitrogen and oxygen atoms in total. The number of methoxy groups -OCH3 is 1. The third kappa shape index (κ3) is 5.00. The lowest BCUT2D eigenvalue weighted by atomic mass is 10.1. The summed E-state index contributed by atoms with van der Waals surface area (Å²) in [4.78, 5) is 11.7. The largest absolute Gasteiger partial charge is 0.496 e. The number of Topliss-reactive ketones (excluding diaryl/α,β-unsaturated/α-hetero) is 1. The first-order chi connectivity index (χ1) is 8.27. The fourth-order valence-electron chi connectivity index (χ4n) is 1.67. The smallest absolute Gasteiger partial charge is 0.137 e. The standard InChI is InChI=1S/C14H20O3/c1-3-17-10-6-8-13(15)11-12-7-4-5-9-14(12)16-2/h4-5,7,9H,3,6,8,10-11H2,1-2H3. The molecule has 1 aromatic carbocycles.